The van der Waals surface area contributed by atoms with Crippen LogP contribution in [-0.4, -0.2) is 5.91 Å². The van der Waals surface area contributed by atoms with Gasteiger partial charge in [0.2, 0.25) is 5.91 Å². The number of hydrogen-bond acceptors (Lipinski definition) is 1. The molecule has 2 nitrogen and oxygen atoms in total. The number of carbonyl (C=O) groups is 1. The molecule has 2 aromatic rings. The summed E-state index contributed by atoms with van der Waals surface area (Å²) in [7, 11) is 0. The zero-order valence-electron chi connectivity index (χ0n) is 10.8. The summed E-state index contributed by atoms with van der Waals surface area (Å²) in [4.78, 5) is 11.9. The van der Waals surface area contributed by atoms with Crippen LogP contribution in [0.5, 0.6) is 0 Å². The summed E-state index contributed by atoms with van der Waals surface area (Å²) >= 11 is 3.45. The Kier molecular flexibility index (Phi) is 4.74. The van der Waals surface area contributed by atoms with E-state index < -0.39 is 0 Å². The average Bonchev–Trinajstić information content (AvgIpc) is 2.41. The summed E-state index contributed by atoms with van der Waals surface area (Å²) in [5, 5.41) is 2.93. The summed E-state index contributed by atoms with van der Waals surface area (Å²) in [6.45, 7) is 2.62. The van der Waals surface area contributed by atoms with E-state index in [0.717, 1.165) is 15.6 Å². The highest BCUT2D eigenvalue weighted by atomic mass is 79.9. The van der Waals surface area contributed by atoms with Crippen molar-refractivity contribution in [3.05, 3.63) is 69.7 Å². The largest absolute Gasteiger partial charge is 0.352 e. The van der Waals surface area contributed by atoms with Crippen LogP contribution in [0.25, 0.3) is 0 Å². The number of rotatable bonds is 4. The van der Waals surface area contributed by atoms with Crippen molar-refractivity contribution in [1.29, 1.82) is 0 Å². The van der Waals surface area contributed by atoms with Gasteiger partial charge in [-0.1, -0.05) is 64.0 Å². The maximum atomic E-state index is 11.9. The number of benzene rings is 2. The van der Waals surface area contributed by atoms with E-state index in [4.69, 9.17) is 0 Å². The van der Waals surface area contributed by atoms with Gasteiger partial charge in [0.05, 0.1) is 6.42 Å². The topological polar surface area (TPSA) is 29.1 Å². The molecule has 0 fully saturated rings. The van der Waals surface area contributed by atoms with Crippen molar-refractivity contribution in [2.45, 2.75) is 19.9 Å². The Hall–Kier alpha value is -1.61. The second-order valence-corrected chi connectivity index (χ2v) is 5.38. The second kappa shape index (κ2) is 6.53. The van der Waals surface area contributed by atoms with Crippen LogP contribution in [0.3, 0.4) is 0 Å². The fourth-order valence-electron chi connectivity index (χ4n) is 1.78. The molecule has 98 valence electrons. The second-order valence-electron chi connectivity index (χ2n) is 4.53. The monoisotopic (exact) mass is 317 g/mol. The molecule has 0 saturated carbocycles. The molecule has 2 rings (SSSR count). The van der Waals surface area contributed by atoms with E-state index in [2.05, 4.69) is 40.3 Å². The van der Waals surface area contributed by atoms with E-state index in [9.17, 15) is 4.79 Å². The van der Waals surface area contributed by atoms with Gasteiger partial charge in [0.15, 0.2) is 0 Å². The van der Waals surface area contributed by atoms with Crippen molar-refractivity contribution in [1.82, 2.24) is 5.32 Å². The lowest BCUT2D eigenvalue weighted by atomic mass is 10.1. The van der Waals surface area contributed by atoms with E-state index in [1.807, 2.05) is 36.4 Å². The molecule has 0 aliphatic carbocycles. The lowest BCUT2D eigenvalue weighted by Crippen LogP contribution is -2.24. The third kappa shape index (κ3) is 4.21. The van der Waals surface area contributed by atoms with Crippen molar-refractivity contribution in [2.24, 2.45) is 0 Å². The lowest BCUT2D eigenvalue weighted by Gasteiger charge is -2.07. The van der Waals surface area contributed by atoms with Crippen LogP contribution in [-0.2, 0) is 17.8 Å². The van der Waals surface area contributed by atoms with E-state index in [1.54, 1.807) is 0 Å². The SMILES string of the molecule is Cc1ccc(CNC(=O)Cc2ccccc2Br)cc1. The number of halogens is 1. The maximum Gasteiger partial charge on any atom is 0.224 e. The van der Waals surface area contributed by atoms with Crippen molar-refractivity contribution in [3.63, 3.8) is 0 Å². The minimum atomic E-state index is 0.0347. The van der Waals surface area contributed by atoms with Crippen LogP contribution in [0.15, 0.2) is 53.0 Å². The Balaban J connectivity index is 1.88. The van der Waals surface area contributed by atoms with E-state index in [-0.39, 0.29) is 5.91 Å². The normalized spacial score (nSPS) is 10.2. The van der Waals surface area contributed by atoms with Crippen molar-refractivity contribution < 1.29 is 4.79 Å². The Labute approximate surface area is 122 Å². The highest BCUT2D eigenvalue weighted by molar-refractivity contribution is 9.10. The summed E-state index contributed by atoms with van der Waals surface area (Å²) in [5.74, 6) is 0.0347. The molecule has 0 aromatic heterocycles. The maximum absolute atomic E-state index is 11.9. The number of amides is 1. The van der Waals surface area contributed by atoms with Gasteiger partial charge < -0.3 is 5.32 Å². The zero-order valence-corrected chi connectivity index (χ0v) is 12.4. The van der Waals surface area contributed by atoms with Crippen LogP contribution in [0.1, 0.15) is 16.7 Å². The highest BCUT2D eigenvalue weighted by Gasteiger charge is 2.05. The van der Waals surface area contributed by atoms with Crippen LogP contribution in [0.2, 0.25) is 0 Å². The molecule has 2 aromatic carbocycles. The first-order valence-corrected chi connectivity index (χ1v) is 7.00. The Morgan fingerprint density at radius 3 is 2.47 bits per heavy atom. The Morgan fingerprint density at radius 1 is 1.11 bits per heavy atom. The van der Waals surface area contributed by atoms with Crippen molar-refractivity contribution in [3.8, 4) is 0 Å². The van der Waals surface area contributed by atoms with Crippen LogP contribution >= 0.6 is 15.9 Å². The van der Waals surface area contributed by atoms with E-state index in [0.29, 0.717) is 13.0 Å². The summed E-state index contributed by atoms with van der Waals surface area (Å²) in [6.07, 6.45) is 0.396. The molecule has 19 heavy (non-hydrogen) atoms. The number of aryl methyl sites for hydroxylation is 1. The van der Waals surface area contributed by atoms with Gasteiger partial charge in [-0.3, -0.25) is 4.79 Å². The first-order chi connectivity index (χ1) is 9.15. The lowest BCUT2D eigenvalue weighted by molar-refractivity contribution is -0.120. The molecule has 0 aliphatic heterocycles. The fraction of sp³-hybridized carbons (Fsp3) is 0.188. The number of carbonyl (C=O) groups excluding carboxylic acids is 1. The molecule has 3 heteroatoms. The Morgan fingerprint density at radius 2 is 1.79 bits per heavy atom. The number of nitrogens with one attached hydrogen (secondary N) is 1. The molecule has 1 amide bonds. The summed E-state index contributed by atoms with van der Waals surface area (Å²) in [5.41, 5.74) is 3.35. The standard InChI is InChI=1S/C16H16BrNO/c1-12-6-8-13(9-7-12)11-18-16(19)10-14-4-2-3-5-15(14)17/h2-9H,10-11H2,1H3,(H,18,19). The quantitative estimate of drug-likeness (QED) is 0.917. The van der Waals surface area contributed by atoms with Crippen molar-refractivity contribution in [2.75, 3.05) is 0 Å². The molecule has 1 N–H and O–H groups in total. The summed E-state index contributed by atoms with van der Waals surface area (Å²) in [6, 6.07) is 16.0. The van der Waals surface area contributed by atoms with Gasteiger partial charge in [0.1, 0.15) is 0 Å². The first-order valence-electron chi connectivity index (χ1n) is 6.21. The van der Waals surface area contributed by atoms with Gasteiger partial charge in [0.25, 0.3) is 0 Å². The van der Waals surface area contributed by atoms with Crippen LogP contribution < -0.4 is 5.32 Å². The number of hydrogen-bond donors (Lipinski definition) is 1. The first kappa shape index (κ1) is 13.8. The van der Waals surface area contributed by atoms with Crippen LogP contribution in [0, 0.1) is 6.92 Å². The third-order valence-corrected chi connectivity index (χ3v) is 3.69. The van der Waals surface area contributed by atoms with E-state index >= 15 is 0 Å². The van der Waals surface area contributed by atoms with Crippen molar-refractivity contribution >= 4 is 21.8 Å². The molecule has 0 heterocycles. The van der Waals surface area contributed by atoms with Gasteiger partial charge in [-0.15, -0.1) is 0 Å². The zero-order chi connectivity index (χ0) is 13.7. The summed E-state index contributed by atoms with van der Waals surface area (Å²) < 4.78 is 0.973. The Bertz CT molecular complexity index is 563. The van der Waals surface area contributed by atoms with E-state index in [1.165, 1.54) is 5.56 Å². The minimum absolute atomic E-state index is 0.0347. The molecule has 0 atom stereocenters. The van der Waals surface area contributed by atoms with Gasteiger partial charge in [0, 0.05) is 11.0 Å². The van der Waals surface area contributed by atoms with Gasteiger partial charge >= 0.3 is 0 Å². The molecule has 0 spiro atoms. The average molecular weight is 318 g/mol. The van der Waals surface area contributed by atoms with Gasteiger partial charge in [-0.25, -0.2) is 0 Å². The van der Waals surface area contributed by atoms with Crippen LogP contribution in [0.4, 0.5) is 0 Å². The smallest absolute Gasteiger partial charge is 0.224 e. The van der Waals surface area contributed by atoms with Gasteiger partial charge in [-0.05, 0) is 24.1 Å². The molecule has 0 bridgehead atoms. The fourth-order valence-corrected chi connectivity index (χ4v) is 2.21. The van der Waals surface area contributed by atoms with Gasteiger partial charge in [-0.2, -0.15) is 0 Å². The minimum Gasteiger partial charge on any atom is -0.352 e. The molecular weight excluding hydrogens is 302 g/mol. The molecular formula is C16H16BrNO. The predicted molar refractivity (Wildman–Crippen MR) is 80.9 cm³/mol. The molecule has 0 unspecified atom stereocenters. The molecule has 0 aliphatic rings. The predicted octanol–water partition coefficient (Wildman–Crippen LogP) is 3.62. The molecule has 0 radical (unpaired) electrons. The molecule has 0 saturated heterocycles. The highest BCUT2D eigenvalue weighted by Crippen LogP contribution is 2.16. The third-order valence-electron chi connectivity index (χ3n) is 2.92.